The normalized spacial score (nSPS) is 10.7. The van der Waals surface area contributed by atoms with E-state index in [-0.39, 0.29) is 39.5 Å². The number of rotatable bonds is 4. The lowest BCUT2D eigenvalue weighted by molar-refractivity contribution is 0.351. The van der Waals surface area contributed by atoms with E-state index >= 15 is 0 Å². The Morgan fingerprint density at radius 1 is 0.885 bits per heavy atom. The van der Waals surface area contributed by atoms with Crippen LogP contribution in [-0.2, 0) is 0 Å². The van der Waals surface area contributed by atoms with E-state index in [0.717, 1.165) is 0 Å². The molecular formula is C18H16O8. The van der Waals surface area contributed by atoms with Gasteiger partial charge in [-0.05, 0) is 12.1 Å². The van der Waals surface area contributed by atoms with E-state index in [4.69, 9.17) is 18.6 Å². The van der Waals surface area contributed by atoms with E-state index in [9.17, 15) is 20.1 Å². The molecule has 1 aromatic heterocycles. The van der Waals surface area contributed by atoms with Gasteiger partial charge in [0, 0.05) is 17.7 Å². The van der Waals surface area contributed by atoms with Gasteiger partial charge in [-0.25, -0.2) is 0 Å². The first-order valence-corrected chi connectivity index (χ1v) is 7.43. The maximum absolute atomic E-state index is 12.8. The summed E-state index contributed by atoms with van der Waals surface area (Å²) < 4.78 is 21.0. The van der Waals surface area contributed by atoms with Gasteiger partial charge in [-0.1, -0.05) is 0 Å². The van der Waals surface area contributed by atoms with E-state index in [1.165, 1.54) is 45.6 Å². The summed E-state index contributed by atoms with van der Waals surface area (Å²) in [4.78, 5) is 12.8. The minimum atomic E-state index is -0.601. The first-order valence-electron chi connectivity index (χ1n) is 7.43. The summed E-state index contributed by atoms with van der Waals surface area (Å²) in [6, 6.07) is 5.30. The fraction of sp³-hybridized carbons (Fsp3) is 0.167. The Bertz CT molecular complexity index is 1050. The van der Waals surface area contributed by atoms with Crippen LogP contribution in [0.5, 0.6) is 34.5 Å². The van der Waals surface area contributed by atoms with Crippen LogP contribution in [0.25, 0.3) is 22.3 Å². The van der Waals surface area contributed by atoms with Gasteiger partial charge in [0.05, 0.1) is 21.3 Å². The maximum Gasteiger partial charge on any atom is 0.239 e. The molecule has 0 aliphatic heterocycles. The predicted octanol–water partition coefficient (Wildman–Crippen LogP) is 2.60. The first kappa shape index (κ1) is 17.3. The Morgan fingerprint density at radius 2 is 1.62 bits per heavy atom. The van der Waals surface area contributed by atoms with Crippen LogP contribution in [0.4, 0.5) is 0 Å². The number of hydrogen-bond acceptors (Lipinski definition) is 8. The monoisotopic (exact) mass is 360 g/mol. The molecular weight excluding hydrogens is 344 g/mol. The number of methoxy groups -OCH3 is 3. The Balaban J connectivity index is 2.40. The third-order valence-corrected chi connectivity index (χ3v) is 3.88. The summed E-state index contributed by atoms with van der Waals surface area (Å²) >= 11 is 0. The van der Waals surface area contributed by atoms with Gasteiger partial charge < -0.3 is 33.9 Å². The summed E-state index contributed by atoms with van der Waals surface area (Å²) in [5.41, 5.74) is -0.306. The van der Waals surface area contributed by atoms with Crippen LogP contribution >= 0.6 is 0 Å². The second-order valence-electron chi connectivity index (χ2n) is 5.36. The molecule has 3 rings (SSSR count). The molecule has 0 aliphatic rings. The zero-order valence-corrected chi connectivity index (χ0v) is 14.2. The number of phenolic OH excluding ortho intramolecular Hbond substituents is 3. The molecule has 3 N–H and O–H groups in total. The molecule has 3 aromatic rings. The van der Waals surface area contributed by atoms with Gasteiger partial charge in [-0.3, -0.25) is 4.79 Å². The molecule has 0 atom stereocenters. The van der Waals surface area contributed by atoms with Crippen molar-refractivity contribution in [2.24, 2.45) is 0 Å². The Kier molecular flexibility index (Phi) is 4.25. The molecule has 1 heterocycles. The molecule has 0 unspecified atom stereocenters. The molecule has 0 aliphatic carbocycles. The second-order valence-corrected chi connectivity index (χ2v) is 5.36. The van der Waals surface area contributed by atoms with Gasteiger partial charge in [-0.2, -0.15) is 0 Å². The van der Waals surface area contributed by atoms with Crippen molar-refractivity contribution in [1.82, 2.24) is 0 Å². The number of phenols is 3. The van der Waals surface area contributed by atoms with Crippen molar-refractivity contribution >= 4 is 11.0 Å². The molecule has 8 nitrogen and oxygen atoms in total. The molecule has 0 radical (unpaired) electrons. The second kappa shape index (κ2) is 6.40. The number of hydrogen-bond donors (Lipinski definition) is 3. The van der Waals surface area contributed by atoms with Crippen molar-refractivity contribution in [2.75, 3.05) is 21.3 Å². The average molecular weight is 360 g/mol. The lowest BCUT2D eigenvalue weighted by atomic mass is 10.1. The van der Waals surface area contributed by atoms with E-state index in [2.05, 4.69) is 0 Å². The average Bonchev–Trinajstić information content (AvgIpc) is 2.62. The first-order chi connectivity index (χ1) is 12.4. The number of benzene rings is 2. The highest BCUT2D eigenvalue weighted by atomic mass is 16.5. The number of aromatic hydroxyl groups is 3. The SMILES string of the molecule is COc1cc(O)c2c(=O)c(OC)c(-c3cc(O)c(O)c(OC)c3)oc2c1. The van der Waals surface area contributed by atoms with Crippen LogP contribution in [0.3, 0.4) is 0 Å². The highest BCUT2D eigenvalue weighted by Gasteiger charge is 2.22. The van der Waals surface area contributed by atoms with Crippen LogP contribution in [0.1, 0.15) is 0 Å². The molecule has 0 spiro atoms. The topological polar surface area (TPSA) is 119 Å². The van der Waals surface area contributed by atoms with Crippen LogP contribution < -0.4 is 19.6 Å². The highest BCUT2D eigenvalue weighted by molar-refractivity contribution is 5.88. The smallest absolute Gasteiger partial charge is 0.239 e. The van der Waals surface area contributed by atoms with Gasteiger partial charge in [0.2, 0.25) is 16.9 Å². The largest absolute Gasteiger partial charge is 0.507 e. The predicted molar refractivity (Wildman–Crippen MR) is 92.6 cm³/mol. The Labute approximate surface area is 147 Å². The molecule has 26 heavy (non-hydrogen) atoms. The summed E-state index contributed by atoms with van der Waals surface area (Å²) in [5, 5.41) is 29.7. The molecule has 8 heteroatoms. The van der Waals surface area contributed by atoms with Crippen molar-refractivity contribution in [2.45, 2.75) is 0 Å². The minimum Gasteiger partial charge on any atom is -0.507 e. The molecule has 0 amide bonds. The molecule has 0 fully saturated rings. The van der Waals surface area contributed by atoms with E-state index < -0.39 is 16.9 Å². The van der Waals surface area contributed by atoms with Gasteiger partial charge in [0.15, 0.2) is 17.3 Å². The lowest BCUT2D eigenvalue weighted by Crippen LogP contribution is -2.08. The zero-order chi connectivity index (χ0) is 19.0. The van der Waals surface area contributed by atoms with E-state index in [1.54, 1.807) is 0 Å². The quantitative estimate of drug-likeness (QED) is 0.608. The third kappa shape index (κ3) is 2.61. The summed E-state index contributed by atoms with van der Waals surface area (Å²) in [5.74, 6) is -1.13. The van der Waals surface area contributed by atoms with E-state index in [0.29, 0.717) is 5.75 Å². The minimum absolute atomic E-state index is 0.00810. The van der Waals surface area contributed by atoms with Crippen molar-refractivity contribution in [3.05, 3.63) is 34.5 Å². The summed E-state index contributed by atoms with van der Waals surface area (Å²) in [7, 11) is 4.00. The van der Waals surface area contributed by atoms with Crippen molar-refractivity contribution in [3.8, 4) is 45.8 Å². The highest BCUT2D eigenvalue weighted by Crippen LogP contribution is 2.42. The van der Waals surface area contributed by atoms with Gasteiger partial charge in [0.1, 0.15) is 22.5 Å². The van der Waals surface area contributed by atoms with Crippen LogP contribution in [0.15, 0.2) is 33.5 Å². The molecule has 136 valence electrons. The fourth-order valence-electron chi connectivity index (χ4n) is 2.63. The number of ether oxygens (including phenoxy) is 3. The Morgan fingerprint density at radius 3 is 2.23 bits per heavy atom. The summed E-state index contributed by atoms with van der Waals surface area (Å²) in [6.07, 6.45) is 0. The zero-order valence-electron chi connectivity index (χ0n) is 14.2. The van der Waals surface area contributed by atoms with Crippen molar-refractivity contribution in [3.63, 3.8) is 0 Å². The molecule has 0 saturated heterocycles. The van der Waals surface area contributed by atoms with Crippen molar-refractivity contribution < 1.29 is 33.9 Å². The summed E-state index contributed by atoms with van der Waals surface area (Å²) in [6.45, 7) is 0. The maximum atomic E-state index is 12.8. The van der Waals surface area contributed by atoms with E-state index in [1.807, 2.05) is 0 Å². The van der Waals surface area contributed by atoms with Crippen LogP contribution in [0, 0.1) is 0 Å². The lowest BCUT2D eigenvalue weighted by Gasteiger charge is -2.12. The fourth-order valence-corrected chi connectivity index (χ4v) is 2.63. The third-order valence-electron chi connectivity index (χ3n) is 3.88. The molecule has 2 aromatic carbocycles. The molecule has 0 saturated carbocycles. The van der Waals surface area contributed by atoms with Crippen LogP contribution in [0.2, 0.25) is 0 Å². The standard InChI is InChI=1S/C18H16O8/c1-23-9-6-10(19)14-12(7-9)26-17(18(25-3)16(14)22)8-4-11(20)15(21)13(5-8)24-2/h4-7,19-21H,1-3H3. The van der Waals surface area contributed by atoms with Crippen LogP contribution in [-0.4, -0.2) is 36.6 Å². The Hall–Kier alpha value is -3.55. The van der Waals surface area contributed by atoms with Gasteiger partial charge in [0.25, 0.3) is 0 Å². The molecule has 0 bridgehead atoms. The number of fused-ring (bicyclic) bond motifs is 1. The van der Waals surface area contributed by atoms with Crippen molar-refractivity contribution in [1.29, 1.82) is 0 Å². The van der Waals surface area contributed by atoms with Gasteiger partial charge in [-0.15, -0.1) is 0 Å². The van der Waals surface area contributed by atoms with Gasteiger partial charge >= 0.3 is 0 Å².